The van der Waals surface area contributed by atoms with Gasteiger partial charge in [0, 0.05) is 22.6 Å². The third-order valence-electron chi connectivity index (χ3n) is 3.30. The van der Waals surface area contributed by atoms with E-state index in [0.717, 1.165) is 13.2 Å². The van der Waals surface area contributed by atoms with Crippen LogP contribution in [-0.2, 0) is 19.9 Å². The number of allylic oxidation sites excluding steroid dienone is 1. The number of esters is 1. The van der Waals surface area contributed by atoms with E-state index in [4.69, 9.17) is 16.3 Å². The average molecular weight is 333 g/mol. The number of alkyl halides is 3. The van der Waals surface area contributed by atoms with Crippen LogP contribution in [0.4, 0.5) is 13.2 Å². The number of hydrogen-bond acceptors (Lipinski definition) is 3. The van der Waals surface area contributed by atoms with Crippen molar-refractivity contribution >= 4 is 17.6 Å². The molecule has 0 amide bonds. The Balaban J connectivity index is 2.57. The summed E-state index contributed by atoms with van der Waals surface area (Å²) in [4.78, 5) is 11.6. The van der Waals surface area contributed by atoms with Crippen molar-refractivity contribution in [2.24, 2.45) is 0 Å². The summed E-state index contributed by atoms with van der Waals surface area (Å²) in [5.74, 6) is -1.12. The molecule has 22 heavy (non-hydrogen) atoms. The monoisotopic (exact) mass is 332 g/mol. The summed E-state index contributed by atoms with van der Waals surface area (Å²) in [5, 5.41) is 0.291. The van der Waals surface area contributed by atoms with Crippen LogP contribution in [0.2, 0.25) is 5.02 Å². The number of ether oxygens (including phenoxy) is 2. The first-order valence-electron chi connectivity index (χ1n) is 6.19. The fourth-order valence-electron chi connectivity index (χ4n) is 2.27. The van der Waals surface area contributed by atoms with Crippen LogP contribution >= 0.6 is 11.6 Å². The van der Waals surface area contributed by atoms with Crippen LogP contribution in [0.15, 0.2) is 48.3 Å². The van der Waals surface area contributed by atoms with E-state index in [2.05, 4.69) is 11.3 Å². The lowest BCUT2D eigenvalue weighted by molar-refractivity contribution is -0.273. The van der Waals surface area contributed by atoms with E-state index in [1.54, 1.807) is 0 Å². The fourth-order valence-corrected chi connectivity index (χ4v) is 2.39. The molecular formula is C15H12ClF3O3. The molecule has 1 aliphatic rings. The summed E-state index contributed by atoms with van der Waals surface area (Å²) in [5.41, 5.74) is -3.03. The SMILES string of the molecule is C=C1C=C(C(=O)OC)CC(c2ccc(Cl)cc2)(C(F)(F)F)O1. The predicted molar refractivity (Wildman–Crippen MR) is 74.1 cm³/mol. The second-order valence-electron chi connectivity index (χ2n) is 4.74. The third kappa shape index (κ3) is 2.83. The van der Waals surface area contributed by atoms with Gasteiger partial charge in [-0.2, -0.15) is 13.2 Å². The van der Waals surface area contributed by atoms with Crippen molar-refractivity contribution in [2.75, 3.05) is 7.11 Å². The smallest absolute Gasteiger partial charge is 0.432 e. The highest BCUT2D eigenvalue weighted by Gasteiger charge is 2.60. The molecule has 1 aliphatic heterocycles. The molecule has 0 saturated heterocycles. The Labute approximate surface area is 130 Å². The van der Waals surface area contributed by atoms with Gasteiger partial charge in [-0.1, -0.05) is 30.3 Å². The molecule has 0 aromatic heterocycles. The second kappa shape index (κ2) is 5.68. The minimum atomic E-state index is -4.77. The molecular weight excluding hydrogens is 321 g/mol. The van der Waals surface area contributed by atoms with Crippen molar-refractivity contribution in [3.05, 3.63) is 58.8 Å². The first-order chi connectivity index (χ1) is 10.2. The van der Waals surface area contributed by atoms with Gasteiger partial charge in [-0.15, -0.1) is 0 Å². The molecule has 0 radical (unpaired) electrons. The zero-order valence-electron chi connectivity index (χ0n) is 11.5. The van der Waals surface area contributed by atoms with E-state index in [1.807, 2.05) is 0 Å². The minimum Gasteiger partial charge on any atom is -0.473 e. The molecule has 0 spiro atoms. The van der Waals surface area contributed by atoms with Crippen molar-refractivity contribution in [3.63, 3.8) is 0 Å². The van der Waals surface area contributed by atoms with E-state index < -0.39 is 24.2 Å². The summed E-state index contributed by atoms with van der Waals surface area (Å²) < 4.78 is 50.7. The van der Waals surface area contributed by atoms with Crippen LogP contribution in [0.1, 0.15) is 12.0 Å². The Morgan fingerprint density at radius 2 is 1.95 bits per heavy atom. The highest BCUT2D eigenvalue weighted by molar-refractivity contribution is 6.30. The average Bonchev–Trinajstić information content (AvgIpc) is 2.45. The molecule has 0 N–H and O–H groups in total. The first kappa shape index (κ1) is 16.4. The number of carbonyl (C=O) groups is 1. The predicted octanol–water partition coefficient (Wildman–Crippen LogP) is 4.13. The Morgan fingerprint density at radius 1 is 1.36 bits per heavy atom. The maximum absolute atomic E-state index is 13.7. The van der Waals surface area contributed by atoms with Gasteiger partial charge >= 0.3 is 12.1 Å². The van der Waals surface area contributed by atoms with E-state index in [-0.39, 0.29) is 16.9 Å². The molecule has 1 heterocycles. The summed E-state index contributed by atoms with van der Waals surface area (Å²) in [6.07, 6.45) is -4.33. The summed E-state index contributed by atoms with van der Waals surface area (Å²) in [6.45, 7) is 3.40. The Kier molecular flexibility index (Phi) is 4.24. The van der Waals surface area contributed by atoms with E-state index in [0.29, 0.717) is 5.02 Å². The van der Waals surface area contributed by atoms with Gasteiger partial charge in [-0.05, 0) is 18.2 Å². The van der Waals surface area contributed by atoms with Crippen LogP contribution in [0.5, 0.6) is 0 Å². The minimum absolute atomic E-state index is 0.161. The molecule has 118 valence electrons. The van der Waals surface area contributed by atoms with Crippen LogP contribution < -0.4 is 0 Å². The largest absolute Gasteiger partial charge is 0.473 e. The zero-order valence-corrected chi connectivity index (χ0v) is 12.3. The van der Waals surface area contributed by atoms with Crippen molar-refractivity contribution in [3.8, 4) is 0 Å². The second-order valence-corrected chi connectivity index (χ2v) is 5.17. The fraction of sp³-hybridized carbons (Fsp3) is 0.267. The molecule has 2 rings (SSSR count). The number of hydrogen-bond donors (Lipinski definition) is 0. The van der Waals surface area contributed by atoms with Gasteiger partial charge in [0.1, 0.15) is 5.76 Å². The number of methoxy groups -OCH3 is 1. The number of rotatable bonds is 2. The number of benzene rings is 1. The Hall–Kier alpha value is -1.95. The van der Waals surface area contributed by atoms with Crippen molar-refractivity contribution < 1.29 is 27.4 Å². The standard InChI is InChI=1S/C15H12ClF3O3/c1-9-7-10(13(20)21-2)8-14(22-9,15(17,18)19)11-3-5-12(16)6-4-11/h3-7H,1,8H2,2H3. The quantitative estimate of drug-likeness (QED) is 0.764. The summed E-state index contributed by atoms with van der Waals surface area (Å²) >= 11 is 5.72. The summed E-state index contributed by atoms with van der Waals surface area (Å²) in [7, 11) is 1.10. The van der Waals surface area contributed by atoms with Crippen LogP contribution in [-0.4, -0.2) is 19.3 Å². The molecule has 1 aromatic carbocycles. The van der Waals surface area contributed by atoms with Gasteiger partial charge in [-0.25, -0.2) is 4.79 Å². The van der Waals surface area contributed by atoms with Crippen LogP contribution in [0.3, 0.4) is 0 Å². The Bertz CT molecular complexity index is 634. The van der Waals surface area contributed by atoms with Crippen LogP contribution in [0, 0.1) is 0 Å². The van der Waals surface area contributed by atoms with Gasteiger partial charge in [0.15, 0.2) is 0 Å². The van der Waals surface area contributed by atoms with Gasteiger partial charge < -0.3 is 9.47 Å². The van der Waals surface area contributed by atoms with Crippen molar-refractivity contribution in [2.45, 2.75) is 18.2 Å². The van der Waals surface area contributed by atoms with Gasteiger partial charge in [0.25, 0.3) is 0 Å². The molecule has 0 fully saturated rings. The van der Waals surface area contributed by atoms with E-state index in [9.17, 15) is 18.0 Å². The lowest BCUT2D eigenvalue weighted by Gasteiger charge is -2.39. The van der Waals surface area contributed by atoms with Gasteiger partial charge in [0.2, 0.25) is 5.60 Å². The number of carbonyl (C=O) groups excluding carboxylic acids is 1. The highest BCUT2D eigenvalue weighted by atomic mass is 35.5. The molecule has 1 aromatic rings. The maximum Gasteiger partial charge on any atom is 0.432 e. The van der Waals surface area contributed by atoms with E-state index >= 15 is 0 Å². The molecule has 1 atom stereocenters. The highest BCUT2D eigenvalue weighted by Crippen LogP contribution is 2.50. The van der Waals surface area contributed by atoms with E-state index in [1.165, 1.54) is 24.3 Å². The molecule has 1 unspecified atom stereocenters. The molecule has 0 bridgehead atoms. The van der Waals surface area contributed by atoms with Gasteiger partial charge in [0.05, 0.1) is 7.11 Å². The molecule has 0 aliphatic carbocycles. The lowest BCUT2D eigenvalue weighted by Crippen LogP contribution is -2.47. The topological polar surface area (TPSA) is 35.5 Å². The first-order valence-corrected chi connectivity index (χ1v) is 6.57. The molecule has 3 nitrogen and oxygen atoms in total. The van der Waals surface area contributed by atoms with Crippen LogP contribution in [0.25, 0.3) is 0 Å². The maximum atomic E-state index is 13.7. The zero-order chi connectivity index (χ0) is 16.5. The lowest BCUT2D eigenvalue weighted by atomic mass is 9.84. The van der Waals surface area contributed by atoms with Crippen molar-refractivity contribution in [1.29, 1.82) is 0 Å². The number of halogens is 4. The molecule has 0 saturated carbocycles. The summed E-state index contributed by atoms with van der Waals surface area (Å²) in [6, 6.07) is 5.08. The normalized spacial score (nSPS) is 21.9. The van der Waals surface area contributed by atoms with Crippen molar-refractivity contribution in [1.82, 2.24) is 0 Å². The molecule has 7 heteroatoms. The third-order valence-corrected chi connectivity index (χ3v) is 3.55. The Morgan fingerprint density at radius 3 is 2.45 bits per heavy atom. The van der Waals surface area contributed by atoms with Gasteiger partial charge in [-0.3, -0.25) is 0 Å².